The Kier molecular flexibility index (Phi) is 5.18. The van der Waals surface area contributed by atoms with Crippen molar-refractivity contribution in [3.8, 4) is 0 Å². The van der Waals surface area contributed by atoms with E-state index in [9.17, 15) is 19.5 Å². The Morgan fingerprint density at radius 1 is 1.19 bits per heavy atom. The lowest BCUT2D eigenvalue weighted by Gasteiger charge is -2.44. The summed E-state index contributed by atoms with van der Waals surface area (Å²) < 4.78 is 1.58. The summed E-state index contributed by atoms with van der Waals surface area (Å²) in [6.45, 7) is 5.50. The summed E-state index contributed by atoms with van der Waals surface area (Å²) in [5, 5.41) is 9.22. The van der Waals surface area contributed by atoms with E-state index < -0.39 is 5.54 Å². The third-order valence-electron chi connectivity index (χ3n) is 5.75. The van der Waals surface area contributed by atoms with Crippen LogP contribution in [0.2, 0.25) is 0 Å². The highest BCUT2D eigenvalue weighted by molar-refractivity contribution is 5.99. The normalized spacial score (nSPS) is 23.1. The number of amides is 2. The van der Waals surface area contributed by atoms with Crippen molar-refractivity contribution in [2.75, 3.05) is 26.2 Å². The monoisotopic (exact) mass is 361 g/mol. The van der Waals surface area contributed by atoms with E-state index in [4.69, 9.17) is 0 Å². The first-order chi connectivity index (χ1) is 12.5. The summed E-state index contributed by atoms with van der Waals surface area (Å²) >= 11 is 0. The highest BCUT2D eigenvalue weighted by atomic mass is 16.3. The number of pyridine rings is 1. The van der Waals surface area contributed by atoms with Gasteiger partial charge in [-0.1, -0.05) is 0 Å². The number of carbonyl (C=O) groups excluding carboxylic acids is 2. The maximum atomic E-state index is 13.2. The second kappa shape index (κ2) is 7.23. The number of aryl methyl sites for hydroxylation is 1. The fraction of sp³-hybridized carbons (Fsp3) is 0.632. The van der Waals surface area contributed by atoms with Crippen LogP contribution in [0.4, 0.5) is 0 Å². The van der Waals surface area contributed by atoms with Gasteiger partial charge in [-0.25, -0.2) is 0 Å². The average molecular weight is 361 g/mol. The molecule has 7 heteroatoms. The van der Waals surface area contributed by atoms with Crippen molar-refractivity contribution in [3.63, 3.8) is 0 Å². The molecule has 26 heavy (non-hydrogen) atoms. The van der Waals surface area contributed by atoms with E-state index in [0.717, 1.165) is 18.5 Å². The molecule has 1 aromatic heterocycles. The van der Waals surface area contributed by atoms with Gasteiger partial charge >= 0.3 is 0 Å². The number of rotatable bonds is 4. The second-order valence-electron chi connectivity index (χ2n) is 7.15. The minimum absolute atomic E-state index is 0.0884. The quantitative estimate of drug-likeness (QED) is 0.859. The molecule has 142 valence electrons. The number of piperidine rings is 1. The number of aliphatic hydroxyl groups excluding tert-OH is 1. The van der Waals surface area contributed by atoms with Crippen LogP contribution < -0.4 is 5.56 Å². The topological polar surface area (TPSA) is 82.8 Å². The zero-order valence-corrected chi connectivity index (χ0v) is 15.5. The Labute approximate surface area is 153 Å². The molecule has 1 N–H and O–H groups in total. The predicted molar refractivity (Wildman–Crippen MR) is 97.0 cm³/mol. The average Bonchev–Trinajstić information content (AvgIpc) is 3.04. The zero-order valence-electron chi connectivity index (χ0n) is 15.5. The van der Waals surface area contributed by atoms with Gasteiger partial charge in [0, 0.05) is 31.9 Å². The fourth-order valence-corrected chi connectivity index (χ4v) is 4.43. The number of likely N-dealkylation sites (tertiary alicyclic amines) is 2. The number of nitrogens with zero attached hydrogens (tertiary/aromatic N) is 3. The van der Waals surface area contributed by atoms with Gasteiger partial charge in [0.1, 0.15) is 11.1 Å². The van der Waals surface area contributed by atoms with Gasteiger partial charge in [-0.05, 0) is 51.7 Å². The Hall–Kier alpha value is -2.15. The van der Waals surface area contributed by atoms with Gasteiger partial charge in [0.15, 0.2) is 0 Å². The van der Waals surface area contributed by atoms with Crippen LogP contribution in [0.25, 0.3) is 0 Å². The molecule has 2 aliphatic heterocycles. The summed E-state index contributed by atoms with van der Waals surface area (Å²) in [5.41, 5.74) is -0.215. The summed E-state index contributed by atoms with van der Waals surface area (Å²) in [6.07, 6.45) is 2.78. The summed E-state index contributed by atoms with van der Waals surface area (Å²) in [4.78, 5) is 42.3. The molecule has 0 saturated carbocycles. The van der Waals surface area contributed by atoms with E-state index in [1.54, 1.807) is 26.5 Å². The van der Waals surface area contributed by atoms with Gasteiger partial charge in [0.25, 0.3) is 11.5 Å². The number of hydrogen-bond donors (Lipinski definition) is 1. The Bertz CT molecular complexity index is 771. The van der Waals surface area contributed by atoms with E-state index in [2.05, 4.69) is 0 Å². The SMILES string of the molecule is CCn1c(C)ccc(C(=O)N2CCCC23CCCN(CCO)C3=O)c1=O. The molecule has 1 aromatic rings. The van der Waals surface area contributed by atoms with Gasteiger partial charge in [0.05, 0.1) is 6.61 Å². The third kappa shape index (κ3) is 2.84. The molecule has 2 saturated heterocycles. The number of carbonyl (C=O) groups is 2. The van der Waals surface area contributed by atoms with Gasteiger partial charge < -0.3 is 19.5 Å². The maximum Gasteiger partial charge on any atom is 0.263 e. The smallest absolute Gasteiger partial charge is 0.263 e. The molecule has 1 atom stereocenters. The standard InChI is InChI=1S/C19H27N3O4/c1-3-21-14(2)6-7-15(16(21)24)17(25)22-11-5-9-19(22)8-4-10-20(12-13-23)18(19)26/h6-7,23H,3-5,8-13H2,1-2H3. The van der Waals surface area contributed by atoms with Crippen LogP contribution >= 0.6 is 0 Å². The van der Waals surface area contributed by atoms with E-state index in [1.807, 2.05) is 13.8 Å². The molecule has 0 radical (unpaired) electrons. The van der Waals surface area contributed by atoms with Crippen LogP contribution in [0.1, 0.15) is 48.7 Å². The second-order valence-corrected chi connectivity index (χ2v) is 7.15. The lowest BCUT2D eigenvalue weighted by atomic mass is 9.85. The first-order valence-electron chi connectivity index (χ1n) is 9.39. The molecular formula is C19H27N3O4. The van der Waals surface area contributed by atoms with Gasteiger partial charge in [-0.15, -0.1) is 0 Å². The maximum absolute atomic E-state index is 13.2. The summed E-state index contributed by atoms with van der Waals surface area (Å²) in [5.74, 6) is -0.444. The third-order valence-corrected chi connectivity index (χ3v) is 5.75. The van der Waals surface area contributed by atoms with Crippen LogP contribution in [-0.4, -0.2) is 63.1 Å². The van der Waals surface area contributed by atoms with Crippen LogP contribution in [0.15, 0.2) is 16.9 Å². The Morgan fingerprint density at radius 3 is 2.54 bits per heavy atom. The fourth-order valence-electron chi connectivity index (χ4n) is 4.43. The molecule has 3 heterocycles. The lowest BCUT2D eigenvalue weighted by molar-refractivity contribution is -0.146. The first kappa shape index (κ1) is 18.6. The molecule has 0 aromatic carbocycles. The lowest BCUT2D eigenvalue weighted by Crippen LogP contribution is -2.62. The molecular weight excluding hydrogens is 334 g/mol. The first-order valence-corrected chi connectivity index (χ1v) is 9.39. The van der Waals surface area contributed by atoms with Crippen LogP contribution in [-0.2, 0) is 11.3 Å². The van der Waals surface area contributed by atoms with Crippen molar-refractivity contribution in [2.45, 2.75) is 51.6 Å². The molecule has 0 bridgehead atoms. The van der Waals surface area contributed by atoms with Crippen molar-refractivity contribution in [2.24, 2.45) is 0 Å². The molecule has 2 fully saturated rings. The number of aliphatic hydroxyl groups is 1. The van der Waals surface area contributed by atoms with Crippen LogP contribution in [0.5, 0.6) is 0 Å². The molecule has 2 aliphatic rings. The van der Waals surface area contributed by atoms with Crippen LogP contribution in [0.3, 0.4) is 0 Å². The highest BCUT2D eigenvalue weighted by Crippen LogP contribution is 2.38. The molecule has 1 spiro atoms. The molecule has 0 aliphatic carbocycles. The van der Waals surface area contributed by atoms with Crippen molar-refractivity contribution >= 4 is 11.8 Å². The van der Waals surface area contributed by atoms with Gasteiger partial charge in [0.2, 0.25) is 5.91 Å². The van der Waals surface area contributed by atoms with Crippen LogP contribution in [0, 0.1) is 6.92 Å². The molecule has 2 amide bonds. The Morgan fingerprint density at radius 2 is 1.88 bits per heavy atom. The zero-order chi connectivity index (χ0) is 18.9. The van der Waals surface area contributed by atoms with E-state index in [-0.39, 0.29) is 36.1 Å². The van der Waals surface area contributed by atoms with Crippen molar-refractivity contribution in [1.29, 1.82) is 0 Å². The minimum Gasteiger partial charge on any atom is -0.395 e. The number of β-amino-alcohol motifs (C(OH)–C–C–N with tert-alkyl or cyclic N) is 1. The van der Waals surface area contributed by atoms with E-state index in [0.29, 0.717) is 32.5 Å². The Balaban J connectivity index is 1.97. The van der Waals surface area contributed by atoms with E-state index in [1.165, 1.54) is 0 Å². The summed E-state index contributed by atoms with van der Waals surface area (Å²) in [7, 11) is 0. The highest BCUT2D eigenvalue weighted by Gasteiger charge is 2.52. The minimum atomic E-state index is -0.862. The van der Waals surface area contributed by atoms with Gasteiger partial charge in [-0.2, -0.15) is 0 Å². The van der Waals surface area contributed by atoms with Gasteiger partial charge in [-0.3, -0.25) is 14.4 Å². The largest absolute Gasteiger partial charge is 0.395 e. The van der Waals surface area contributed by atoms with Crippen molar-refractivity contribution < 1.29 is 14.7 Å². The summed E-state index contributed by atoms with van der Waals surface area (Å²) in [6, 6.07) is 3.36. The van der Waals surface area contributed by atoms with E-state index >= 15 is 0 Å². The predicted octanol–water partition coefficient (Wildman–Crippen LogP) is 0.766. The van der Waals surface area contributed by atoms with Crippen molar-refractivity contribution in [3.05, 3.63) is 33.7 Å². The number of aromatic nitrogens is 1. The molecule has 7 nitrogen and oxygen atoms in total. The molecule has 1 unspecified atom stereocenters. The molecule has 3 rings (SSSR count). The van der Waals surface area contributed by atoms with Crippen molar-refractivity contribution in [1.82, 2.24) is 14.4 Å². The number of hydrogen-bond acceptors (Lipinski definition) is 4.